The molecular formula is C9H7FO3. The zero-order chi connectivity index (χ0) is 9.26. The van der Waals surface area contributed by atoms with E-state index >= 15 is 0 Å². The number of hydrogen-bond donors (Lipinski definition) is 0. The molecule has 1 aliphatic rings. The summed E-state index contributed by atoms with van der Waals surface area (Å²) in [5.41, 5.74) is 0. The van der Waals surface area contributed by atoms with Crippen molar-refractivity contribution in [1.29, 1.82) is 0 Å². The maximum Gasteiger partial charge on any atom is 0.343 e. The Kier molecular flexibility index (Phi) is 1.98. The molecule has 3 nitrogen and oxygen atoms in total. The van der Waals surface area contributed by atoms with Gasteiger partial charge in [-0.05, 0) is 12.1 Å². The summed E-state index contributed by atoms with van der Waals surface area (Å²) in [4.78, 5) is 11.0. The Morgan fingerprint density at radius 2 is 2.23 bits per heavy atom. The Bertz CT molecular complexity index is 333. The highest BCUT2D eigenvalue weighted by Gasteiger charge is 2.33. The van der Waals surface area contributed by atoms with Crippen LogP contribution in [0.3, 0.4) is 0 Å². The predicted molar refractivity (Wildman–Crippen MR) is 41.8 cm³/mol. The number of hydrogen-bond acceptors (Lipinski definition) is 3. The highest BCUT2D eigenvalue weighted by molar-refractivity contribution is 5.79. The Labute approximate surface area is 74.1 Å². The fourth-order valence-corrected chi connectivity index (χ4v) is 0.886. The minimum Gasteiger partial charge on any atom is -0.421 e. The van der Waals surface area contributed by atoms with Crippen molar-refractivity contribution in [3.8, 4) is 5.75 Å². The molecule has 68 valence electrons. The molecule has 0 aromatic heterocycles. The average molecular weight is 182 g/mol. The lowest BCUT2D eigenvalue weighted by Crippen LogP contribution is -2.15. The summed E-state index contributed by atoms with van der Waals surface area (Å²) in [6.07, 6.45) is -0.500. The van der Waals surface area contributed by atoms with Crippen LogP contribution in [0.2, 0.25) is 0 Å². The van der Waals surface area contributed by atoms with Crippen LogP contribution in [0, 0.1) is 5.82 Å². The fraction of sp³-hybridized carbons (Fsp3) is 0.222. The van der Waals surface area contributed by atoms with Crippen LogP contribution in [0.15, 0.2) is 24.3 Å². The molecular weight excluding hydrogens is 175 g/mol. The summed E-state index contributed by atoms with van der Waals surface area (Å²) in [5, 5.41) is 0. The molecule has 0 amide bonds. The number of esters is 1. The van der Waals surface area contributed by atoms with Crippen molar-refractivity contribution in [2.45, 2.75) is 6.10 Å². The molecule has 2 rings (SSSR count). The van der Waals surface area contributed by atoms with Crippen molar-refractivity contribution >= 4 is 5.97 Å². The van der Waals surface area contributed by atoms with Gasteiger partial charge in [-0.15, -0.1) is 0 Å². The number of epoxide rings is 1. The number of carbonyl (C=O) groups is 1. The summed E-state index contributed by atoms with van der Waals surface area (Å²) in [6.45, 7) is 0.368. The number of halogens is 1. The molecule has 0 spiro atoms. The van der Waals surface area contributed by atoms with Gasteiger partial charge in [0.25, 0.3) is 0 Å². The zero-order valence-electron chi connectivity index (χ0n) is 6.70. The van der Waals surface area contributed by atoms with Crippen LogP contribution in [-0.2, 0) is 9.53 Å². The largest absolute Gasteiger partial charge is 0.421 e. The SMILES string of the molecule is O=C(Oc1ccccc1F)C1CO1. The second kappa shape index (κ2) is 3.14. The van der Waals surface area contributed by atoms with Gasteiger partial charge in [0.1, 0.15) is 0 Å². The molecule has 1 aromatic rings. The number of para-hydroxylation sites is 1. The van der Waals surface area contributed by atoms with E-state index in [0.29, 0.717) is 6.61 Å². The fourth-order valence-electron chi connectivity index (χ4n) is 0.886. The van der Waals surface area contributed by atoms with Crippen molar-refractivity contribution in [2.75, 3.05) is 6.61 Å². The smallest absolute Gasteiger partial charge is 0.343 e. The van der Waals surface area contributed by atoms with E-state index in [4.69, 9.17) is 4.74 Å². The molecule has 1 unspecified atom stereocenters. The topological polar surface area (TPSA) is 38.8 Å². The Balaban J connectivity index is 2.08. The minimum atomic E-state index is -0.545. The normalized spacial score (nSPS) is 19.6. The van der Waals surface area contributed by atoms with Crippen LogP contribution < -0.4 is 4.74 Å². The molecule has 1 aliphatic heterocycles. The van der Waals surface area contributed by atoms with Crippen LogP contribution in [0.1, 0.15) is 0 Å². The molecule has 1 heterocycles. The van der Waals surface area contributed by atoms with Gasteiger partial charge in [0.2, 0.25) is 0 Å². The van der Waals surface area contributed by atoms with Gasteiger partial charge >= 0.3 is 5.97 Å². The number of rotatable bonds is 2. The zero-order valence-corrected chi connectivity index (χ0v) is 6.70. The van der Waals surface area contributed by atoms with Gasteiger partial charge in [-0.2, -0.15) is 0 Å². The third-order valence-electron chi connectivity index (χ3n) is 1.64. The third-order valence-corrected chi connectivity index (χ3v) is 1.64. The van der Waals surface area contributed by atoms with Crippen molar-refractivity contribution in [2.24, 2.45) is 0 Å². The van der Waals surface area contributed by atoms with Gasteiger partial charge < -0.3 is 9.47 Å². The first kappa shape index (κ1) is 8.19. The molecule has 13 heavy (non-hydrogen) atoms. The molecule has 0 bridgehead atoms. The molecule has 4 heteroatoms. The molecule has 0 N–H and O–H groups in total. The molecule has 1 saturated heterocycles. The summed E-state index contributed by atoms with van der Waals surface area (Å²) in [6, 6.07) is 5.76. The monoisotopic (exact) mass is 182 g/mol. The lowest BCUT2D eigenvalue weighted by molar-refractivity contribution is -0.135. The molecule has 1 fully saturated rings. The first-order valence-corrected chi connectivity index (χ1v) is 3.85. The summed E-state index contributed by atoms with van der Waals surface area (Å²) in [7, 11) is 0. The van der Waals surface area contributed by atoms with Gasteiger partial charge in [0.15, 0.2) is 17.7 Å². The van der Waals surface area contributed by atoms with Gasteiger partial charge in [0, 0.05) is 0 Å². The third kappa shape index (κ3) is 1.84. The quantitative estimate of drug-likeness (QED) is 0.391. The summed E-state index contributed by atoms with van der Waals surface area (Å²) in [5.74, 6) is -1.13. The molecule has 1 aromatic carbocycles. The van der Waals surface area contributed by atoms with E-state index in [2.05, 4.69) is 4.74 Å². The lowest BCUT2D eigenvalue weighted by Gasteiger charge is -2.01. The van der Waals surface area contributed by atoms with Crippen molar-refractivity contribution in [3.05, 3.63) is 30.1 Å². The van der Waals surface area contributed by atoms with Crippen molar-refractivity contribution in [3.63, 3.8) is 0 Å². The van der Waals surface area contributed by atoms with Crippen LogP contribution >= 0.6 is 0 Å². The van der Waals surface area contributed by atoms with E-state index in [-0.39, 0.29) is 5.75 Å². The second-order valence-corrected chi connectivity index (χ2v) is 2.67. The van der Waals surface area contributed by atoms with E-state index in [1.807, 2.05) is 0 Å². The Morgan fingerprint density at radius 3 is 2.85 bits per heavy atom. The Hall–Kier alpha value is -1.42. The summed E-state index contributed by atoms with van der Waals surface area (Å²) >= 11 is 0. The van der Waals surface area contributed by atoms with Crippen molar-refractivity contribution < 1.29 is 18.7 Å². The maximum atomic E-state index is 12.9. The van der Waals surface area contributed by atoms with Crippen LogP contribution in [-0.4, -0.2) is 18.7 Å². The van der Waals surface area contributed by atoms with Gasteiger partial charge in [-0.3, -0.25) is 0 Å². The lowest BCUT2D eigenvalue weighted by atomic mass is 10.3. The number of carbonyl (C=O) groups excluding carboxylic acids is 1. The minimum absolute atomic E-state index is 0.0528. The molecule has 1 atom stereocenters. The van der Waals surface area contributed by atoms with E-state index in [1.165, 1.54) is 18.2 Å². The maximum absolute atomic E-state index is 12.9. The van der Waals surface area contributed by atoms with E-state index in [9.17, 15) is 9.18 Å². The average Bonchev–Trinajstić information content (AvgIpc) is 2.91. The van der Waals surface area contributed by atoms with Gasteiger partial charge in [-0.25, -0.2) is 9.18 Å². The van der Waals surface area contributed by atoms with Crippen molar-refractivity contribution in [1.82, 2.24) is 0 Å². The number of ether oxygens (including phenoxy) is 2. The van der Waals surface area contributed by atoms with E-state index in [0.717, 1.165) is 0 Å². The highest BCUT2D eigenvalue weighted by Crippen LogP contribution is 2.18. The second-order valence-electron chi connectivity index (χ2n) is 2.67. The van der Waals surface area contributed by atoms with Gasteiger partial charge in [0.05, 0.1) is 6.61 Å². The molecule has 0 radical (unpaired) electrons. The first-order chi connectivity index (χ1) is 6.27. The highest BCUT2D eigenvalue weighted by atomic mass is 19.1. The molecule has 0 saturated carbocycles. The van der Waals surface area contributed by atoms with E-state index in [1.54, 1.807) is 6.07 Å². The van der Waals surface area contributed by atoms with Gasteiger partial charge in [-0.1, -0.05) is 12.1 Å². The number of benzene rings is 1. The summed E-state index contributed by atoms with van der Waals surface area (Å²) < 4.78 is 22.3. The predicted octanol–water partition coefficient (Wildman–Crippen LogP) is 1.13. The van der Waals surface area contributed by atoms with Crippen LogP contribution in [0.25, 0.3) is 0 Å². The first-order valence-electron chi connectivity index (χ1n) is 3.85. The molecule has 0 aliphatic carbocycles. The standard InChI is InChI=1S/C9H7FO3/c10-6-3-1-2-4-7(6)13-9(11)8-5-12-8/h1-4,8H,5H2. The van der Waals surface area contributed by atoms with E-state index < -0.39 is 17.9 Å². The van der Waals surface area contributed by atoms with Crippen LogP contribution in [0.5, 0.6) is 5.75 Å². The van der Waals surface area contributed by atoms with Crippen LogP contribution in [0.4, 0.5) is 4.39 Å². The Morgan fingerprint density at radius 1 is 1.54 bits per heavy atom.